The average Bonchev–Trinajstić information content (AvgIpc) is 3.12. The molecule has 154 valence electrons. The van der Waals surface area contributed by atoms with Gasteiger partial charge in [-0.2, -0.15) is 17.9 Å². The lowest BCUT2D eigenvalue weighted by Gasteiger charge is -2.09. The van der Waals surface area contributed by atoms with Gasteiger partial charge in [-0.3, -0.25) is 0 Å². The molecule has 0 saturated carbocycles. The van der Waals surface area contributed by atoms with Gasteiger partial charge in [0.15, 0.2) is 17.3 Å². The number of nitrogens with two attached hydrogens (primary N) is 1. The molecule has 2 heterocycles. The van der Waals surface area contributed by atoms with Gasteiger partial charge in [0.2, 0.25) is 10.0 Å². The van der Waals surface area contributed by atoms with E-state index in [2.05, 4.69) is 20.1 Å². The fourth-order valence-corrected chi connectivity index (χ4v) is 2.70. The van der Waals surface area contributed by atoms with Gasteiger partial charge in [-0.15, -0.1) is 5.10 Å². The van der Waals surface area contributed by atoms with Crippen molar-refractivity contribution in [2.45, 2.75) is 11.1 Å². The van der Waals surface area contributed by atoms with E-state index in [0.29, 0.717) is 5.75 Å². The average molecular weight is 430 g/mol. The standard InChI is InChI=1S/C15H13F3N6O4S/c1-27-10-4-3-8(5-11(10)28-2)12-22-13(15(16,17)18)23-24(12)14-20-6-9(7-21-14)29(19,25)26/h3-7H,1-2H3,(H2,19,25,26). The lowest BCUT2D eigenvalue weighted by atomic mass is 10.2. The Morgan fingerprint density at radius 3 is 2.21 bits per heavy atom. The monoisotopic (exact) mass is 430 g/mol. The second kappa shape index (κ2) is 7.29. The van der Waals surface area contributed by atoms with Crippen LogP contribution in [-0.4, -0.2) is 47.4 Å². The van der Waals surface area contributed by atoms with Gasteiger partial charge in [-0.25, -0.2) is 28.5 Å². The summed E-state index contributed by atoms with van der Waals surface area (Å²) in [7, 11) is -1.31. The Hall–Kier alpha value is -3.26. The number of sulfonamides is 1. The van der Waals surface area contributed by atoms with E-state index in [0.717, 1.165) is 17.1 Å². The lowest BCUT2D eigenvalue weighted by Crippen LogP contribution is -2.14. The van der Waals surface area contributed by atoms with Crippen LogP contribution in [0.25, 0.3) is 17.3 Å². The lowest BCUT2D eigenvalue weighted by molar-refractivity contribution is -0.144. The molecule has 0 aliphatic heterocycles. The van der Waals surface area contributed by atoms with E-state index in [-0.39, 0.29) is 23.1 Å². The van der Waals surface area contributed by atoms with Crippen LogP contribution in [0.1, 0.15) is 5.82 Å². The highest BCUT2D eigenvalue weighted by molar-refractivity contribution is 7.89. The first-order chi connectivity index (χ1) is 13.5. The molecular formula is C15H13F3N6O4S. The molecular weight excluding hydrogens is 417 g/mol. The minimum Gasteiger partial charge on any atom is -0.493 e. The Labute approximate surface area is 162 Å². The molecule has 14 heteroatoms. The van der Waals surface area contributed by atoms with Gasteiger partial charge in [-0.1, -0.05) is 0 Å². The number of aromatic nitrogens is 5. The summed E-state index contributed by atoms with van der Waals surface area (Å²) in [5.41, 5.74) is 0.199. The number of hydrogen-bond donors (Lipinski definition) is 1. The Morgan fingerprint density at radius 2 is 1.69 bits per heavy atom. The third-order valence-electron chi connectivity index (χ3n) is 3.63. The Bertz CT molecular complexity index is 1150. The number of ether oxygens (including phenoxy) is 2. The van der Waals surface area contributed by atoms with E-state index in [1.807, 2.05) is 0 Å². The van der Waals surface area contributed by atoms with Gasteiger partial charge < -0.3 is 9.47 Å². The number of hydrogen-bond acceptors (Lipinski definition) is 8. The van der Waals surface area contributed by atoms with Gasteiger partial charge in [-0.05, 0) is 18.2 Å². The highest BCUT2D eigenvalue weighted by atomic mass is 32.2. The van der Waals surface area contributed by atoms with Crippen LogP contribution >= 0.6 is 0 Å². The maximum absolute atomic E-state index is 13.2. The van der Waals surface area contributed by atoms with E-state index in [9.17, 15) is 21.6 Å². The van der Waals surface area contributed by atoms with Gasteiger partial charge >= 0.3 is 6.18 Å². The first kappa shape index (κ1) is 20.5. The predicted molar refractivity (Wildman–Crippen MR) is 91.9 cm³/mol. The van der Waals surface area contributed by atoms with Crippen LogP contribution in [0.15, 0.2) is 35.5 Å². The fourth-order valence-electron chi connectivity index (χ4n) is 2.30. The first-order valence-corrected chi connectivity index (χ1v) is 9.21. The van der Waals surface area contributed by atoms with Crippen molar-refractivity contribution in [3.8, 4) is 28.8 Å². The van der Waals surface area contributed by atoms with E-state index < -0.39 is 26.9 Å². The third-order valence-corrected chi connectivity index (χ3v) is 4.50. The molecule has 29 heavy (non-hydrogen) atoms. The van der Waals surface area contributed by atoms with Crippen LogP contribution in [0, 0.1) is 0 Å². The van der Waals surface area contributed by atoms with Crippen molar-refractivity contribution >= 4 is 10.0 Å². The van der Waals surface area contributed by atoms with Crippen LogP contribution in [0.2, 0.25) is 0 Å². The predicted octanol–water partition coefficient (Wildman–Crippen LogP) is 1.41. The summed E-state index contributed by atoms with van der Waals surface area (Å²) in [5, 5.41) is 8.39. The SMILES string of the molecule is COc1ccc(-c2nc(C(F)(F)F)nn2-c2ncc(S(N)(=O)=O)cn2)cc1OC. The molecule has 2 aromatic heterocycles. The highest BCUT2D eigenvalue weighted by Gasteiger charge is 2.38. The molecule has 0 atom stereocenters. The summed E-state index contributed by atoms with van der Waals surface area (Å²) in [6.45, 7) is 0. The summed E-state index contributed by atoms with van der Waals surface area (Å²) < 4.78 is 73.2. The number of alkyl halides is 3. The molecule has 2 N–H and O–H groups in total. The van der Waals surface area contributed by atoms with Crippen molar-refractivity contribution in [3.05, 3.63) is 36.4 Å². The number of nitrogens with zero attached hydrogens (tertiary/aromatic N) is 5. The Morgan fingerprint density at radius 1 is 1.07 bits per heavy atom. The summed E-state index contributed by atoms with van der Waals surface area (Å²) in [4.78, 5) is 10.6. The van der Waals surface area contributed by atoms with Crippen LogP contribution in [0.4, 0.5) is 13.2 Å². The summed E-state index contributed by atoms with van der Waals surface area (Å²) >= 11 is 0. The molecule has 0 unspecified atom stereocenters. The number of benzene rings is 1. The van der Waals surface area contributed by atoms with Crippen LogP contribution in [0.3, 0.4) is 0 Å². The van der Waals surface area contributed by atoms with Crippen molar-refractivity contribution < 1.29 is 31.1 Å². The maximum atomic E-state index is 13.2. The number of primary sulfonamides is 1. The molecule has 0 radical (unpaired) electrons. The van der Waals surface area contributed by atoms with Crippen molar-refractivity contribution in [1.82, 2.24) is 24.7 Å². The number of halogens is 3. The Kier molecular flexibility index (Phi) is 5.15. The molecule has 0 aliphatic carbocycles. The molecule has 1 aromatic carbocycles. The number of methoxy groups -OCH3 is 2. The second-order valence-electron chi connectivity index (χ2n) is 5.50. The summed E-state index contributed by atoms with van der Waals surface area (Å²) in [6.07, 6.45) is -3.13. The molecule has 0 bridgehead atoms. The zero-order valence-electron chi connectivity index (χ0n) is 14.9. The smallest absolute Gasteiger partial charge is 0.453 e. The van der Waals surface area contributed by atoms with Gasteiger partial charge in [0.25, 0.3) is 11.8 Å². The molecule has 0 amide bonds. The summed E-state index contributed by atoms with van der Waals surface area (Å²) in [6, 6.07) is 4.32. The quantitative estimate of drug-likeness (QED) is 0.642. The van der Waals surface area contributed by atoms with Crippen molar-refractivity contribution in [2.75, 3.05) is 14.2 Å². The van der Waals surface area contributed by atoms with Crippen LogP contribution in [-0.2, 0) is 16.2 Å². The van der Waals surface area contributed by atoms with Gasteiger partial charge in [0, 0.05) is 5.56 Å². The molecule has 0 fully saturated rings. The van der Waals surface area contributed by atoms with Crippen molar-refractivity contribution in [2.24, 2.45) is 5.14 Å². The van der Waals surface area contributed by atoms with Gasteiger partial charge in [0.1, 0.15) is 4.90 Å². The molecule has 0 saturated heterocycles. The maximum Gasteiger partial charge on any atom is 0.453 e. The fraction of sp³-hybridized carbons (Fsp3) is 0.200. The first-order valence-electron chi connectivity index (χ1n) is 7.66. The van der Waals surface area contributed by atoms with E-state index >= 15 is 0 Å². The summed E-state index contributed by atoms with van der Waals surface area (Å²) in [5.74, 6) is -1.42. The number of rotatable bonds is 5. The second-order valence-corrected chi connectivity index (χ2v) is 7.06. The molecule has 10 nitrogen and oxygen atoms in total. The van der Waals surface area contributed by atoms with E-state index in [1.165, 1.54) is 32.4 Å². The Balaban J connectivity index is 2.19. The minimum atomic E-state index is -4.84. The van der Waals surface area contributed by atoms with E-state index in [4.69, 9.17) is 14.6 Å². The van der Waals surface area contributed by atoms with E-state index in [1.54, 1.807) is 0 Å². The molecule has 0 spiro atoms. The third kappa shape index (κ3) is 4.12. The van der Waals surface area contributed by atoms with Crippen LogP contribution < -0.4 is 14.6 Å². The topological polar surface area (TPSA) is 135 Å². The largest absolute Gasteiger partial charge is 0.493 e. The van der Waals surface area contributed by atoms with Gasteiger partial charge in [0.05, 0.1) is 26.6 Å². The zero-order valence-corrected chi connectivity index (χ0v) is 15.7. The zero-order chi connectivity index (χ0) is 21.4. The molecule has 3 rings (SSSR count). The van der Waals surface area contributed by atoms with Crippen molar-refractivity contribution in [3.63, 3.8) is 0 Å². The van der Waals surface area contributed by atoms with Crippen molar-refractivity contribution in [1.29, 1.82) is 0 Å². The normalized spacial score (nSPS) is 12.1. The molecule has 0 aliphatic rings. The minimum absolute atomic E-state index is 0.199. The molecule has 3 aromatic rings. The van der Waals surface area contributed by atoms with Crippen LogP contribution in [0.5, 0.6) is 11.5 Å². The highest BCUT2D eigenvalue weighted by Crippen LogP contribution is 2.34.